The molecule has 4 heterocycles. The average molecular weight is 404 g/mol. The second-order valence-corrected chi connectivity index (χ2v) is 7.96. The van der Waals surface area contributed by atoms with E-state index in [4.69, 9.17) is 4.42 Å². The monoisotopic (exact) mass is 404 g/mol. The fourth-order valence-electron chi connectivity index (χ4n) is 3.48. The molecule has 10 heteroatoms. The van der Waals surface area contributed by atoms with Crippen LogP contribution in [-0.4, -0.2) is 63.5 Å². The number of hydrogen-bond donors (Lipinski definition) is 1. The predicted molar refractivity (Wildman–Crippen MR) is 104 cm³/mol. The van der Waals surface area contributed by atoms with Crippen LogP contribution in [0.4, 0.5) is 10.7 Å². The van der Waals surface area contributed by atoms with E-state index in [0.717, 1.165) is 35.7 Å². The highest BCUT2D eigenvalue weighted by molar-refractivity contribution is 7.99. The lowest BCUT2D eigenvalue weighted by Gasteiger charge is -2.27. The van der Waals surface area contributed by atoms with Crippen LogP contribution in [0.25, 0.3) is 0 Å². The molecule has 0 saturated carbocycles. The molecule has 0 aromatic carbocycles. The Hall–Kier alpha value is -2.49. The van der Waals surface area contributed by atoms with Crippen LogP contribution in [0.3, 0.4) is 0 Å². The van der Waals surface area contributed by atoms with Gasteiger partial charge in [-0.25, -0.2) is 4.79 Å². The first kappa shape index (κ1) is 18.9. The van der Waals surface area contributed by atoms with E-state index in [0.29, 0.717) is 19.5 Å². The van der Waals surface area contributed by atoms with Gasteiger partial charge in [-0.2, -0.15) is 0 Å². The van der Waals surface area contributed by atoms with Gasteiger partial charge in [-0.1, -0.05) is 11.8 Å². The molecule has 3 amide bonds. The Balaban J connectivity index is 1.41. The van der Waals surface area contributed by atoms with Gasteiger partial charge >= 0.3 is 6.03 Å². The SMILES string of the molecule is O=C1CNC(=O)N1CCCSc1nnc(N2CCCCC2)n1Cc1ccco1. The van der Waals surface area contributed by atoms with Gasteiger partial charge in [0.2, 0.25) is 11.9 Å². The van der Waals surface area contributed by atoms with E-state index < -0.39 is 0 Å². The Morgan fingerprint density at radius 1 is 1.18 bits per heavy atom. The van der Waals surface area contributed by atoms with Crippen LogP contribution in [0, 0.1) is 0 Å². The number of urea groups is 1. The summed E-state index contributed by atoms with van der Waals surface area (Å²) in [7, 11) is 0. The number of anilines is 1. The van der Waals surface area contributed by atoms with E-state index in [1.165, 1.54) is 24.2 Å². The molecule has 0 unspecified atom stereocenters. The highest BCUT2D eigenvalue weighted by Gasteiger charge is 2.27. The zero-order valence-electron chi connectivity index (χ0n) is 15.7. The highest BCUT2D eigenvalue weighted by Crippen LogP contribution is 2.26. The molecule has 2 fully saturated rings. The Morgan fingerprint density at radius 2 is 2.04 bits per heavy atom. The van der Waals surface area contributed by atoms with Crippen molar-refractivity contribution in [2.75, 3.05) is 36.8 Å². The van der Waals surface area contributed by atoms with Gasteiger partial charge in [0, 0.05) is 25.4 Å². The van der Waals surface area contributed by atoms with E-state index >= 15 is 0 Å². The number of hydrogen-bond acceptors (Lipinski definition) is 7. The van der Waals surface area contributed by atoms with Crippen molar-refractivity contribution in [2.45, 2.75) is 37.4 Å². The van der Waals surface area contributed by atoms with E-state index in [9.17, 15) is 9.59 Å². The second kappa shape index (κ2) is 8.68. The summed E-state index contributed by atoms with van der Waals surface area (Å²) in [5, 5.41) is 12.2. The van der Waals surface area contributed by atoms with Crippen LogP contribution in [0.1, 0.15) is 31.4 Å². The molecule has 0 atom stereocenters. The Kier molecular flexibility index (Phi) is 5.84. The summed E-state index contributed by atoms with van der Waals surface area (Å²) < 4.78 is 7.63. The van der Waals surface area contributed by atoms with Crippen LogP contribution < -0.4 is 10.2 Å². The molecule has 4 rings (SSSR count). The summed E-state index contributed by atoms with van der Waals surface area (Å²) >= 11 is 1.59. The lowest BCUT2D eigenvalue weighted by atomic mass is 10.1. The summed E-state index contributed by atoms with van der Waals surface area (Å²) in [5.74, 6) is 2.32. The third-order valence-electron chi connectivity index (χ3n) is 4.92. The third kappa shape index (κ3) is 4.16. The molecule has 0 aliphatic carbocycles. The van der Waals surface area contributed by atoms with Crippen molar-refractivity contribution in [2.24, 2.45) is 0 Å². The minimum atomic E-state index is -0.302. The molecule has 1 N–H and O–H groups in total. The molecule has 2 aliphatic heterocycles. The Labute approximate surface area is 167 Å². The van der Waals surface area contributed by atoms with Gasteiger partial charge in [0.1, 0.15) is 5.76 Å². The number of thioether (sulfide) groups is 1. The molecule has 0 spiro atoms. The first-order chi connectivity index (χ1) is 13.7. The van der Waals surface area contributed by atoms with Crippen molar-refractivity contribution in [3.05, 3.63) is 24.2 Å². The lowest BCUT2D eigenvalue weighted by molar-refractivity contribution is -0.124. The zero-order valence-corrected chi connectivity index (χ0v) is 16.5. The van der Waals surface area contributed by atoms with E-state index in [-0.39, 0.29) is 18.5 Å². The minimum absolute atomic E-state index is 0.0998. The molecule has 150 valence electrons. The van der Waals surface area contributed by atoms with Gasteiger partial charge in [-0.15, -0.1) is 10.2 Å². The molecule has 2 aromatic heterocycles. The Bertz CT molecular complexity index is 799. The minimum Gasteiger partial charge on any atom is -0.467 e. The maximum absolute atomic E-state index is 11.7. The van der Waals surface area contributed by atoms with Crippen LogP contribution in [0.2, 0.25) is 0 Å². The molecule has 2 saturated heterocycles. The first-order valence-electron chi connectivity index (χ1n) is 9.64. The number of aromatic nitrogens is 3. The zero-order chi connectivity index (χ0) is 19.3. The average Bonchev–Trinajstić information content (AvgIpc) is 3.43. The normalized spacial score (nSPS) is 17.4. The molecule has 28 heavy (non-hydrogen) atoms. The smallest absolute Gasteiger partial charge is 0.324 e. The van der Waals surface area contributed by atoms with E-state index in [1.54, 1.807) is 18.0 Å². The van der Waals surface area contributed by atoms with Gasteiger partial charge in [0.15, 0.2) is 5.16 Å². The van der Waals surface area contributed by atoms with Crippen molar-refractivity contribution in [1.29, 1.82) is 0 Å². The van der Waals surface area contributed by atoms with Crippen LogP contribution in [0.15, 0.2) is 28.0 Å². The van der Waals surface area contributed by atoms with Crippen molar-refractivity contribution in [3.8, 4) is 0 Å². The maximum atomic E-state index is 11.7. The molecule has 2 aromatic rings. The Morgan fingerprint density at radius 3 is 2.75 bits per heavy atom. The fraction of sp³-hybridized carbons (Fsp3) is 0.556. The number of imide groups is 1. The summed E-state index contributed by atoms with van der Waals surface area (Å²) in [6.07, 6.45) is 5.97. The van der Waals surface area contributed by atoms with Gasteiger partial charge in [0.25, 0.3) is 0 Å². The largest absolute Gasteiger partial charge is 0.467 e. The molecule has 2 aliphatic rings. The van der Waals surface area contributed by atoms with Crippen molar-refractivity contribution in [3.63, 3.8) is 0 Å². The second-order valence-electron chi connectivity index (χ2n) is 6.90. The predicted octanol–water partition coefficient (Wildman–Crippen LogP) is 1.94. The van der Waals surface area contributed by atoms with Crippen molar-refractivity contribution >= 4 is 29.6 Å². The van der Waals surface area contributed by atoms with Gasteiger partial charge in [0.05, 0.1) is 19.4 Å². The summed E-state index contributed by atoms with van der Waals surface area (Å²) in [6, 6.07) is 3.53. The molecule has 9 nitrogen and oxygen atoms in total. The number of piperidine rings is 1. The number of amides is 3. The number of carbonyl (C=O) groups excluding carboxylic acids is 2. The summed E-state index contributed by atoms with van der Waals surface area (Å²) in [6.45, 7) is 3.09. The number of nitrogens with zero attached hydrogens (tertiary/aromatic N) is 5. The number of carbonyl (C=O) groups is 2. The van der Waals surface area contributed by atoms with E-state index in [1.807, 2.05) is 12.1 Å². The first-order valence-corrected chi connectivity index (χ1v) is 10.6. The number of nitrogens with one attached hydrogen (secondary N) is 1. The topological polar surface area (TPSA) is 96.5 Å². The standard InChI is InChI=1S/C18H24N6O3S/c25-15-12-19-17(26)23(15)9-5-11-28-18-21-20-16(22-7-2-1-3-8-22)24(18)13-14-6-4-10-27-14/h4,6,10H,1-3,5,7-9,11-13H2,(H,19,26). The third-order valence-corrected chi connectivity index (χ3v) is 5.98. The van der Waals surface area contributed by atoms with E-state index in [2.05, 4.69) is 25.0 Å². The van der Waals surface area contributed by atoms with Crippen molar-refractivity contribution in [1.82, 2.24) is 25.0 Å². The van der Waals surface area contributed by atoms with Crippen LogP contribution in [-0.2, 0) is 11.3 Å². The molecular formula is C18H24N6O3S. The summed E-state index contributed by atoms with van der Waals surface area (Å²) in [5.41, 5.74) is 0. The highest BCUT2D eigenvalue weighted by atomic mass is 32.2. The maximum Gasteiger partial charge on any atom is 0.324 e. The summed E-state index contributed by atoms with van der Waals surface area (Å²) in [4.78, 5) is 26.8. The molecular weight excluding hydrogens is 380 g/mol. The number of furan rings is 1. The lowest BCUT2D eigenvalue weighted by Crippen LogP contribution is -2.32. The quantitative estimate of drug-likeness (QED) is 0.408. The molecule has 0 bridgehead atoms. The van der Waals surface area contributed by atoms with Gasteiger partial charge in [-0.05, 0) is 37.8 Å². The van der Waals surface area contributed by atoms with Crippen molar-refractivity contribution < 1.29 is 14.0 Å². The fourth-order valence-corrected chi connectivity index (χ4v) is 4.34. The van der Waals surface area contributed by atoms with Gasteiger partial charge in [-0.3, -0.25) is 14.3 Å². The van der Waals surface area contributed by atoms with Crippen LogP contribution >= 0.6 is 11.8 Å². The van der Waals surface area contributed by atoms with Gasteiger partial charge < -0.3 is 14.6 Å². The van der Waals surface area contributed by atoms with Crippen LogP contribution in [0.5, 0.6) is 0 Å². The molecule has 0 radical (unpaired) electrons. The number of rotatable bonds is 8.